The second-order valence-corrected chi connectivity index (χ2v) is 4.98. The summed E-state index contributed by atoms with van der Waals surface area (Å²) in [5.74, 6) is -0.124. The summed E-state index contributed by atoms with van der Waals surface area (Å²) in [6.07, 6.45) is 2.18. The summed E-state index contributed by atoms with van der Waals surface area (Å²) in [7, 11) is 0. The second-order valence-electron chi connectivity index (χ2n) is 4.13. The molecule has 0 fully saturated rings. The van der Waals surface area contributed by atoms with Crippen molar-refractivity contribution in [3.05, 3.63) is 28.2 Å². The molecule has 1 aromatic rings. The van der Waals surface area contributed by atoms with Crippen molar-refractivity contribution in [2.75, 3.05) is 6.61 Å². The molecular weight excluding hydrogens is 284 g/mol. The Morgan fingerprint density at radius 1 is 1.53 bits per heavy atom. The van der Waals surface area contributed by atoms with E-state index in [0.29, 0.717) is 22.7 Å². The van der Waals surface area contributed by atoms with Crippen LogP contribution >= 0.6 is 15.9 Å². The van der Waals surface area contributed by atoms with Crippen LogP contribution in [0, 0.1) is 5.92 Å². The van der Waals surface area contributed by atoms with E-state index < -0.39 is 5.97 Å². The molecule has 0 heterocycles. The van der Waals surface area contributed by atoms with Crippen molar-refractivity contribution in [1.29, 1.82) is 0 Å². The molecule has 0 aliphatic heterocycles. The van der Waals surface area contributed by atoms with Gasteiger partial charge in [0.25, 0.3) is 0 Å². The largest absolute Gasteiger partial charge is 0.491 e. The van der Waals surface area contributed by atoms with Crippen LogP contribution < -0.4 is 4.74 Å². The highest BCUT2D eigenvalue weighted by atomic mass is 79.9. The highest BCUT2D eigenvalue weighted by Gasteiger charge is 2.15. The number of hydrogen-bond donors (Lipinski definition) is 1. The van der Waals surface area contributed by atoms with Crippen LogP contribution in [0.25, 0.3) is 0 Å². The number of carboxylic acid groups (broad SMARTS) is 1. The molecule has 1 N–H and O–H groups in total. The van der Waals surface area contributed by atoms with Gasteiger partial charge in [-0.1, -0.05) is 26.3 Å². The molecule has 1 rings (SSSR count). The third-order valence-corrected chi connectivity index (χ3v) is 3.12. The first-order valence-corrected chi connectivity index (χ1v) is 6.50. The number of aromatic carboxylic acids is 1. The SMILES string of the molecule is CCCC(C)COc1c(Br)cccc1C(=O)O. The van der Waals surface area contributed by atoms with E-state index in [1.807, 2.05) is 0 Å². The highest BCUT2D eigenvalue weighted by molar-refractivity contribution is 9.10. The van der Waals surface area contributed by atoms with Crippen molar-refractivity contribution >= 4 is 21.9 Å². The van der Waals surface area contributed by atoms with Gasteiger partial charge in [0.1, 0.15) is 11.3 Å². The zero-order valence-corrected chi connectivity index (χ0v) is 11.7. The zero-order chi connectivity index (χ0) is 12.8. The predicted octanol–water partition coefficient (Wildman–Crippen LogP) is 3.96. The fourth-order valence-corrected chi connectivity index (χ4v) is 2.11. The number of hydrogen-bond acceptors (Lipinski definition) is 2. The number of para-hydroxylation sites is 1. The average Bonchev–Trinajstić information content (AvgIpc) is 2.27. The minimum atomic E-state index is -0.968. The second kappa shape index (κ2) is 6.64. The van der Waals surface area contributed by atoms with Gasteiger partial charge in [-0.15, -0.1) is 0 Å². The van der Waals surface area contributed by atoms with Crippen LogP contribution in [-0.2, 0) is 0 Å². The monoisotopic (exact) mass is 300 g/mol. The fraction of sp³-hybridized carbons (Fsp3) is 0.462. The maximum absolute atomic E-state index is 11.0. The Morgan fingerprint density at radius 3 is 2.82 bits per heavy atom. The molecule has 0 amide bonds. The Balaban J connectivity index is 2.79. The zero-order valence-electron chi connectivity index (χ0n) is 10.1. The van der Waals surface area contributed by atoms with Crippen LogP contribution in [0.1, 0.15) is 37.0 Å². The average molecular weight is 301 g/mol. The summed E-state index contributed by atoms with van der Waals surface area (Å²) >= 11 is 3.32. The maximum Gasteiger partial charge on any atom is 0.339 e. The Bertz CT molecular complexity index is 390. The first-order valence-electron chi connectivity index (χ1n) is 5.70. The van der Waals surface area contributed by atoms with Crippen LogP contribution in [0.4, 0.5) is 0 Å². The van der Waals surface area contributed by atoms with Crippen molar-refractivity contribution in [3.8, 4) is 5.75 Å². The third-order valence-electron chi connectivity index (χ3n) is 2.49. The number of carbonyl (C=O) groups is 1. The standard InChI is InChI=1S/C13H17BrO3/c1-3-5-9(2)8-17-12-10(13(15)16)6-4-7-11(12)14/h4,6-7,9H,3,5,8H2,1-2H3,(H,15,16). The normalized spacial score (nSPS) is 12.2. The van der Waals surface area contributed by atoms with Crippen LogP contribution in [0.15, 0.2) is 22.7 Å². The van der Waals surface area contributed by atoms with Crippen molar-refractivity contribution in [2.45, 2.75) is 26.7 Å². The highest BCUT2D eigenvalue weighted by Crippen LogP contribution is 2.29. The van der Waals surface area contributed by atoms with E-state index in [9.17, 15) is 4.79 Å². The van der Waals surface area contributed by atoms with Gasteiger partial charge in [0.2, 0.25) is 0 Å². The summed E-state index contributed by atoms with van der Waals surface area (Å²) < 4.78 is 6.30. The molecule has 0 spiro atoms. The molecule has 0 bridgehead atoms. The molecule has 3 nitrogen and oxygen atoms in total. The van der Waals surface area contributed by atoms with E-state index in [1.54, 1.807) is 18.2 Å². The van der Waals surface area contributed by atoms with Crippen molar-refractivity contribution in [3.63, 3.8) is 0 Å². The number of rotatable bonds is 6. The van der Waals surface area contributed by atoms with E-state index in [-0.39, 0.29) is 5.56 Å². The van der Waals surface area contributed by atoms with Gasteiger partial charge in [0.15, 0.2) is 0 Å². The molecule has 0 saturated carbocycles. The lowest BCUT2D eigenvalue weighted by molar-refractivity contribution is 0.0691. The van der Waals surface area contributed by atoms with Crippen LogP contribution in [0.2, 0.25) is 0 Å². The molecule has 0 radical (unpaired) electrons. The van der Waals surface area contributed by atoms with E-state index in [4.69, 9.17) is 9.84 Å². The van der Waals surface area contributed by atoms with Gasteiger partial charge in [0.05, 0.1) is 11.1 Å². The Morgan fingerprint density at radius 2 is 2.24 bits per heavy atom. The Kier molecular flexibility index (Phi) is 5.48. The molecule has 1 unspecified atom stereocenters. The maximum atomic E-state index is 11.0. The number of carboxylic acids is 1. The molecular formula is C13H17BrO3. The lowest BCUT2D eigenvalue weighted by atomic mass is 10.1. The molecule has 1 atom stereocenters. The molecule has 0 aliphatic rings. The third kappa shape index (κ3) is 4.04. The summed E-state index contributed by atoms with van der Waals surface area (Å²) in [6.45, 7) is 4.76. The van der Waals surface area contributed by atoms with Gasteiger partial charge in [-0.3, -0.25) is 0 Å². The first kappa shape index (κ1) is 14.0. The number of benzene rings is 1. The molecule has 0 saturated heterocycles. The van der Waals surface area contributed by atoms with Crippen LogP contribution in [0.3, 0.4) is 0 Å². The predicted molar refractivity (Wildman–Crippen MR) is 70.7 cm³/mol. The van der Waals surface area contributed by atoms with Crippen molar-refractivity contribution in [2.24, 2.45) is 5.92 Å². The smallest absolute Gasteiger partial charge is 0.339 e. The Labute approximate surface area is 110 Å². The minimum absolute atomic E-state index is 0.197. The minimum Gasteiger partial charge on any atom is -0.491 e. The number of ether oxygens (including phenoxy) is 1. The molecule has 0 aliphatic carbocycles. The lowest BCUT2D eigenvalue weighted by Gasteiger charge is -2.14. The van der Waals surface area contributed by atoms with Gasteiger partial charge in [0, 0.05) is 0 Å². The molecule has 4 heteroatoms. The van der Waals surface area contributed by atoms with Gasteiger partial charge < -0.3 is 9.84 Å². The van der Waals surface area contributed by atoms with Gasteiger partial charge >= 0.3 is 5.97 Å². The van der Waals surface area contributed by atoms with Gasteiger partial charge in [-0.2, -0.15) is 0 Å². The lowest BCUT2D eigenvalue weighted by Crippen LogP contribution is -2.11. The molecule has 1 aromatic carbocycles. The van der Waals surface area contributed by atoms with E-state index >= 15 is 0 Å². The van der Waals surface area contributed by atoms with Crippen molar-refractivity contribution in [1.82, 2.24) is 0 Å². The molecule has 94 valence electrons. The quantitative estimate of drug-likeness (QED) is 0.865. The first-order chi connectivity index (χ1) is 8.06. The van der Waals surface area contributed by atoms with Gasteiger partial charge in [-0.05, 0) is 40.4 Å². The fourth-order valence-electron chi connectivity index (χ4n) is 1.63. The molecule has 0 aromatic heterocycles. The Hall–Kier alpha value is -1.03. The van der Waals surface area contributed by atoms with E-state index in [0.717, 1.165) is 12.8 Å². The van der Waals surface area contributed by atoms with Gasteiger partial charge in [-0.25, -0.2) is 4.79 Å². The van der Waals surface area contributed by atoms with E-state index in [1.165, 1.54) is 0 Å². The van der Waals surface area contributed by atoms with Crippen LogP contribution in [-0.4, -0.2) is 17.7 Å². The summed E-state index contributed by atoms with van der Waals surface area (Å²) in [4.78, 5) is 11.0. The van der Waals surface area contributed by atoms with Crippen molar-refractivity contribution < 1.29 is 14.6 Å². The summed E-state index contributed by atoms with van der Waals surface area (Å²) in [5, 5.41) is 9.06. The van der Waals surface area contributed by atoms with Crippen LogP contribution in [0.5, 0.6) is 5.75 Å². The summed E-state index contributed by atoms with van der Waals surface area (Å²) in [6, 6.07) is 5.02. The summed E-state index contributed by atoms with van der Waals surface area (Å²) in [5.41, 5.74) is 0.197. The topological polar surface area (TPSA) is 46.5 Å². The molecule has 17 heavy (non-hydrogen) atoms. The number of halogens is 1. The van der Waals surface area contributed by atoms with E-state index in [2.05, 4.69) is 29.8 Å².